The van der Waals surface area contributed by atoms with Crippen LogP contribution in [0.2, 0.25) is 5.02 Å². The molecule has 1 aliphatic heterocycles. The summed E-state index contributed by atoms with van der Waals surface area (Å²) in [6.45, 7) is 1.55. The molecular formula is C19H20ClN5O. The van der Waals surface area contributed by atoms with Gasteiger partial charge in [-0.15, -0.1) is 0 Å². The highest BCUT2D eigenvalue weighted by Crippen LogP contribution is 2.34. The molecule has 0 bridgehead atoms. The molecule has 26 heavy (non-hydrogen) atoms. The van der Waals surface area contributed by atoms with E-state index in [1.807, 2.05) is 30.5 Å². The first-order valence-corrected chi connectivity index (χ1v) is 9.12. The largest absolute Gasteiger partial charge is 0.493 e. The number of benzene rings is 1. The quantitative estimate of drug-likeness (QED) is 0.715. The molecule has 1 fully saturated rings. The molecule has 0 saturated carbocycles. The molecule has 6 nitrogen and oxygen atoms in total. The minimum Gasteiger partial charge on any atom is -0.493 e. The van der Waals surface area contributed by atoms with E-state index in [0.717, 1.165) is 48.8 Å². The molecule has 0 spiro atoms. The number of anilines is 1. The van der Waals surface area contributed by atoms with Crippen LogP contribution in [0, 0.1) is 0 Å². The zero-order valence-corrected chi connectivity index (χ0v) is 15.1. The average Bonchev–Trinajstić information content (AvgIpc) is 3.32. The second-order valence-electron chi connectivity index (χ2n) is 6.29. The summed E-state index contributed by atoms with van der Waals surface area (Å²) in [5.41, 5.74) is 2.11. The predicted molar refractivity (Wildman–Crippen MR) is 101 cm³/mol. The highest BCUT2D eigenvalue weighted by Gasteiger charge is 2.29. The van der Waals surface area contributed by atoms with Gasteiger partial charge in [0.1, 0.15) is 11.6 Å². The second-order valence-corrected chi connectivity index (χ2v) is 6.73. The Morgan fingerprint density at radius 2 is 2.23 bits per heavy atom. The van der Waals surface area contributed by atoms with Gasteiger partial charge in [-0.2, -0.15) is 5.10 Å². The van der Waals surface area contributed by atoms with Crippen molar-refractivity contribution >= 4 is 17.4 Å². The molecule has 0 amide bonds. The fourth-order valence-electron chi connectivity index (χ4n) is 3.30. The lowest BCUT2D eigenvalue weighted by atomic mass is 10.1. The Bertz CT molecular complexity index is 854. The number of rotatable bonds is 6. The van der Waals surface area contributed by atoms with Crippen molar-refractivity contribution < 1.29 is 4.74 Å². The fourth-order valence-corrected chi connectivity index (χ4v) is 3.48. The lowest BCUT2D eigenvalue weighted by Gasteiger charge is -2.23. The minimum absolute atomic E-state index is 0.241. The van der Waals surface area contributed by atoms with Crippen molar-refractivity contribution in [2.75, 3.05) is 18.1 Å². The molecule has 0 aliphatic carbocycles. The van der Waals surface area contributed by atoms with Gasteiger partial charge in [-0.1, -0.05) is 17.7 Å². The Morgan fingerprint density at radius 1 is 1.27 bits per heavy atom. The van der Waals surface area contributed by atoms with E-state index in [1.165, 1.54) is 0 Å². The van der Waals surface area contributed by atoms with Crippen LogP contribution in [0.3, 0.4) is 0 Å². The molecule has 134 valence electrons. The number of hydrogen-bond acceptors (Lipinski definition) is 5. The lowest BCUT2D eigenvalue weighted by molar-refractivity contribution is 0.320. The highest BCUT2D eigenvalue weighted by molar-refractivity contribution is 6.30. The molecule has 0 unspecified atom stereocenters. The number of nitrogens with zero attached hydrogens (tertiary/aromatic N) is 4. The molecule has 1 atom stereocenters. The van der Waals surface area contributed by atoms with Crippen LogP contribution in [0.25, 0.3) is 0 Å². The van der Waals surface area contributed by atoms with Gasteiger partial charge in [-0.25, -0.2) is 4.98 Å². The number of halogens is 1. The zero-order valence-electron chi connectivity index (χ0n) is 14.3. The SMILES string of the molecule is Clc1cccc(OCCc2cc([C@H]3CCCN3c3cnccn3)n[nH]2)c1. The maximum Gasteiger partial charge on any atom is 0.147 e. The van der Waals surface area contributed by atoms with Crippen LogP contribution >= 0.6 is 11.6 Å². The molecule has 1 aromatic carbocycles. The van der Waals surface area contributed by atoms with Gasteiger partial charge in [0.15, 0.2) is 0 Å². The van der Waals surface area contributed by atoms with Crippen LogP contribution in [0.15, 0.2) is 48.9 Å². The predicted octanol–water partition coefficient (Wildman–Crippen LogP) is 3.82. The Labute approximate surface area is 157 Å². The Balaban J connectivity index is 1.38. The van der Waals surface area contributed by atoms with E-state index >= 15 is 0 Å². The van der Waals surface area contributed by atoms with E-state index < -0.39 is 0 Å². The maximum atomic E-state index is 5.97. The molecular weight excluding hydrogens is 350 g/mol. The smallest absolute Gasteiger partial charge is 0.147 e. The summed E-state index contributed by atoms with van der Waals surface area (Å²) in [5, 5.41) is 8.33. The fraction of sp³-hybridized carbons (Fsp3) is 0.316. The summed E-state index contributed by atoms with van der Waals surface area (Å²) in [5.74, 6) is 1.69. The van der Waals surface area contributed by atoms with E-state index in [4.69, 9.17) is 16.3 Å². The molecule has 3 aromatic rings. The third-order valence-corrected chi connectivity index (χ3v) is 4.76. The van der Waals surface area contributed by atoms with Gasteiger partial charge < -0.3 is 9.64 Å². The van der Waals surface area contributed by atoms with Crippen LogP contribution in [0.1, 0.15) is 30.3 Å². The molecule has 1 aliphatic rings. The van der Waals surface area contributed by atoms with Gasteiger partial charge in [0.2, 0.25) is 0 Å². The minimum atomic E-state index is 0.241. The van der Waals surface area contributed by atoms with Crippen molar-refractivity contribution in [3.8, 4) is 5.75 Å². The Hall–Kier alpha value is -2.60. The van der Waals surface area contributed by atoms with Crippen molar-refractivity contribution in [3.63, 3.8) is 0 Å². The Morgan fingerprint density at radius 3 is 3.08 bits per heavy atom. The molecule has 2 aromatic heterocycles. The number of nitrogens with one attached hydrogen (secondary N) is 1. The van der Waals surface area contributed by atoms with Gasteiger partial charge in [-0.05, 0) is 37.1 Å². The van der Waals surface area contributed by atoms with Gasteiger partial charge in [0.05, 0.1) is 24.5 Å². The molecule has 3 heterocycles. The standard InChI is InChI=1S/C19H20ClN5O/c20-14-3-1-4-16(11-14)26-10-6-15-12-17(24-23-15)18-5-2-9-25(18)19-13-21-7-8-22-19/h1,3-4,7-8,11-13,18H,2,5-6,9-10H2,(H,23,24)/t18-/m1/s1. The van der Waals surface area contributed by atoms with Gasteiger partial charge in [0, 0.05) is 36.1 Å². The van der Waals surface area contributed by atoms with Crippen molar-refractivity contribution in [2.45, 2.75) is 25.3 Å². The summed E-state index contributed by atoms with van der Waals surface area (Å²) in [7, 11) is 0. The normalized spacial score (nSPS) is 16.8. The number of ether oxygens (including phenoxy) is 1. The number of H-pyrrole nitrogens is 1. The monoisotopic (exact) mass is 369 g/mol. The van der Waals surface area contributed by atoms with Gasteiger partial charge >= 0.3 is 0 Å². The van der Waals surface area contributed by atoms with E-state index in [0.29, 0.717) is 11.6 Å². The van der Waals surface area contributed by atoms with Gasteiger partial charge in [-0.3, -0.25) is 10.1 Å². The van der Waals surface area contributed by atoms with E-state index in [1.54, 1.807) is 12.4 Å². The number of aromatic amines is 1. The third-order valence-electron chi connectivity index (χ3n) is 4.52. The van der Waals surface area contributed by atoms with E-state index in [-0.39, 0.29) is 6.04 Å². The van der Waals surface area contributed by atoms with Crippen LogP contribution in [0.5, 0.6) is 5.75 Å². The molecule has 4 rings (SSSR count). The molecule has 7 heteroatoms. The van der Waals surface area contributed by atoms with Crippen molar-refractivity contribution in [3.05, 3.63) is 65.3 Å². The van der Waals surface area contributed by atoms with Crippen LogP contribution in [0.4, 0.5) is 5.82 Å². The Kier molecular flexibility index (Phi) is 5.02. The summed E-state index contributed by atoms with van der Waals surface area (Å²) in [6, 6.07) is 9.80. The molecule has 1 N–H and O–H groups in total. The van der Waals surface area contributed by atoms with Crippen LogP contribution in [-0.4, -0.2) is 33.3 Å². The summed E-state index contributed by atoms with van der Waals surface area (Å²) < 4.78 is 5.76. The van der Waals surface area contributed by atoms with Crippen LogP contribution < -0.4 is 9.64 Å². The van der Waals surface area contributed by atoms with Crippen molar-refractivity contribution in [1.29, 1.82) is 0 Å². The number of hydrogen-bond donors (Lipinski definition) is 1. The molecule has 1 saturated heterocycles. The first-order chi connectivity index (χ1) is 12.8. The first kappa shape index (κ1) is 16.8. The van der Waals surface area contributed by atoms with Crippen molar-refractivity contribution in [2.24, 2.45) is 0 Å². The number of aromatic nitrogens is 4. The topological polar surface area (TPSA) is 66.9 Å². The summed E-state index contributed by atoms with van der Waals surface area (Å²) in [4.78, 5) is 10.9. The first-order valence-electron chi connectivity index (χ1n) is 8.75. The van der Waals surface area contributed by atoms with Crippen molar-refractivity contribution in [1.82, 2.24) is 20.2 Å². The third kappa shape index (κ3) is 3.80. The van der Waals surface area contributed by atoms with E-state index in [9.17, 15) is 0 Å². The maximum absolute atomic E-state index is 5.97. The summed E-state index contributed by atoms with van der Waals surface area (Å²) in [6.07, 6.45) is 8.19. The van der Waals surface area contributed by atoms with Gasteiger partial charge in [0.25, 0.3) is 0 Å². The highest BCUT2D eigenvalue weighted by atomic mass is 35.5. The summed E-state index contributed by atoms with van der Waals surface area (Å²) >= 11 is 5.97. The second kappa shape index (κ2) is 7.74. The molecule has 0 radical (unpaired) electrons. The van der Waals surface area contributed by atoms with E-state index in [2.05, 4.69) is 31.1 Å². The lowest BCUT2D eigenvalue weighted by Crippen LogP contribution is -2.23. The average molecular weight is 370 g/mol. The van der Waals surface area contributed by atoms with Crippen LogP contribution in [-0.2, 0) is 6.42 Å². The zero-order chi connectivity index (χ0) is 17.8.